The third-order valence-electron chi connectivity index (χ3n) is 4.74. The molecule has 0 aliphatic carbocycles. The molecule has 0 amide bonds. The first-order valence-electron chi connectivity index (χ1n) is 10.6. The van der Waals surface area contributed by atoms with Crippen molar-refractivity contribution >= 4 is 34.7 Å². The van der Waals surface area contributed by atoms with Gasteiger partial charge in [0.05, 0.1) is 17.1 Å². The van der Waals surface area contributed by atoms with Crippen LogP contribution < -0.4 is 20.1 Å². The van der Waals surface area contributed by atoms with E-state index in [4.69, 9.17) is 14.2 Å². The number of hydrogen-bond donors (Lipinski definition) is 2. The Morgan fingerprint density at radius 2 is 1.65 bits per heavy atom. The van der Waals surface area contributed by atoms with Gasteiger partial charge < -0.3 is 24.8 Å². The Morgan fingerprint density at radius 3 is 2.29 bits per heavy atom. The lowest BCUT2D eigenvalue weighted by molar-refractivity contribution is -0.383. The highest BCUT2D eigenvalue weighted by Crippen LogP contribution is 2.36. The van der Waals surface area contributed by atoms with Crippen LogP contribution >= 0.6 is 0 Å². The number of anilines is 4. The molecule has 1 aliphatic heterocycles. The molecular weight excluding hydrogens is 442 g/mol. The predicted molar refractivity (Wildman–Crippen MR) is 124 cm³/mol. The first-order valence-corrected chi connectivity index (χ1v) is 10.6. The van der Waals surface area contributed by atoms with Crippen LogP contribution in [-0.2, 0) is 4.74 Å². The summed E-state index contributed by atoms with van der Waals surface area (Å²) in [4.78, 5) is 31.5. The smallest absolute Gasteiger partial charge is 0.353 e. The van der Waals surface area contributed by atoms with Crippen molar-refractivity contribution in [3.8, 4) is 11.5 Å². The molecule has 0 fully saturated rings. The molecule has 11 nitrogen and oxygen atoms in total. The van der Waals surface area contributed by atoms with Gasteiger partial charge in [0.1, 0.15) is 19.5 Å². The number of hydrogen-bond acceptors (Lipinski definition) is 10. The number of ether oxygens (including phenoxy) is 3. The summed E-state index contributed by atoms with van der Waals surface area (Å²) >= 11 is 0. The lowest BCUT2D eigenvalue weighted by atomic mass is 10.2. The Balaban J connectivity index is 1.53. The second kappa shape index (κ2) is 10.0. The molecular formula is C23H23N5O6. The van der Waals surface area contributed by atoms with Gasteiger partial charge in [-0.3, -0.25) is 10.1 Å². The highest BCUT2D eigenvalue weighted by Gasteiger charge is 2.24. The zero-order valence-corrected chi connectivity index (χ0v) is 18.6. The van der Waals surface area contributed by atoms with Gasteiger partial charge in [0.2, 0.25) is 11.6 Å². The number of rotatable bonds is 8. The molecule has 0 saturated carbocycles. The van der Waals surface area contributed by atoms with Gasteiger partial charge >= 0.3 is 11.7 Å². The maximum Gasteiger partial charge on any atom is 0.353 e. The van der Waals surface area contributed by atoms with Crippen molar-refractivity contribution in [2.24, 2.45) is 5.92 Å². The SMILES string of the molecule is CC(C)COC(=O)c1ccc(Nc2ncnc(Nc3ccc4c(c3)OCCO4)c2[N+](=O)[O-])cc1. The van der Waals surface area contributed by atoms with E-state index in [0.717, 1.165) is 0 Å². The van der Waals surface area contributed by atoms with Crippen LogP contribution in [0.4, 0.5) is 28.7 Å². The lowest BCUT2D eigenvalue weighted by Crippen LogP contribution is -2.15. The van der Waals surface area contributed by atoms with Crippen molar-refractivity contribution in [1.82, 2.24) is 9.97 Å². The standard InChI is InChI=1S/C23H23N5O6/c1-14(2)12-34-23(29)15-3-5-16(6-4-15)26-21-20(28(30)31)22(25-13-24-21)27-17-7-8-18-19(11-17)33-10-9-32-18/h3-8,11,13-14H,9-10,12H2,1-2H3,(H2,24,25,26,27). The predicted octanol–water partition coefficient (Wildman–Crippen LogP) is 4.46. The van der Waals surface area contributed by atoms with E-state index in [1.165, 1.54) is 6.33 Å². The number of nitrogens with one attached hydrogen (secondary N) is 2. The number of carbonyl (C=O) groups excluding carboxylic acids is 1. The molecule has 0 spiro atoms. The number of nitrogens with zero attached hydrogens (tertiary/aromatic N) is 3. The molecule has 1 aromatic heterocycles. The van der Waals surface area contributed by atoms with Crippen molar-refractivity contribution in [2.45, 2.75) is 13.8 Å². The second-order valence-corrected chi connectivity index (χ2v) is 7.85. The summed E-state index contributed by atoms with van der Waals surface area (Å²) in [6.07, 6.45) is 1.22. The zero-order chi connectivity index (χ0) is 24.1. The van der Waals surface area contributed by atoms with Crippen LogP contribution in [-0.4, -0.2) is 40.7 Å². The molecule has 4 rings (SSSR count). The fraction of sp³-hybridized carbons (Fsp3) is 0.261. The zero-order valence-electron chi connectivity index (χ0n) is 18.6. The summed E-state index contributed by atoms with van der Waals surface area (Å²) in [5, 5.41) is 17.7. The van der Waals surface area contributed by atoms with Crippen LogP contribution in [0, 0.1) is 16.0 Å². The molecule has 0 saturated heterocycles. The minimum absolute atomic E-state index is 0.00447. The van der Waals surface area contributed by atoms with E-state index in [2.05, 4.69) is 20.6 Å². The van der Waals surface area contributed by atoms with E-state index < -0.39 is 10.9 Å². The molecule has 0 atom stereocenters. The first kappa shape index (κ1) is 22.8. The Morgan fingerprint density at radius 1 is 1.03 bits per heavy atom. The largest absolute Gasteiger partial charge is 0.486 e. The third kappa shape index (κ3) is 5.31. The van der Waals surface area contributed by atoms with Gasteiger partial charge in [0.15, 0.2) is 11.5 Å². The number of esters is 1. The number of benzene rings is 2. The first-order chi connectivity index (χ1) is 16.4. The van der Waals surface area contributed by atoms with Gasteiger partial charge in [-0.2, -0.15) is 0 Å². The second-order valence-electron chi connectivity index (χ2n) is 7.85. The van der Waals surface area contributed by atoms with Crippen molar-refractivity contribution < 1.29 is 23.9 Å². The molecule has 2 N–H and O–H groups in total. The highest BCUT2D eigenvalue weighted by atomic mass is 16.6. The third-order valence-corrected chi connectivity index (χ3v) is 4.74. The summed E-state index contributed by atoms with van der Waals surface area (Å²) in [7, 11) is 0. The Bertz CT molecular complexity index is 1200. The van der Waals surface area contributed by atoms with Crippen molar-refractivity contribution in [3.63, 3.8) is 0 Å². The fourth-order valence-electron chi connectivity index (χ4n) is 3.14. The van der Waals surface area contributed by atoms with E-state index in [1.54, 1.807) is 42.5 Å². The van der Waals surface area contributed by atoms with Crippen LogP contribution in [0.25, 0.3) is 0 Å². The maximum absolute atomic E-state index is 12.1. The van der Waals surface area contributed by atoms with E-state index in [-0.39, 0.29) is 23.2 Å². The van der Waals surface area contributed by atoms with Gasteiger partial charge in [-0.1, -0.05) is 13.8 Å². The van der Waals surface area contributed by atoms with E-state index in [9.17, 15) is 14.9 Å². The normalized spacial score (nSPS) is 12.2. The summed E-state index contributed by atoms with van der Waals surface area (Å²) < 4.78 is 16.3. The number of carbonyl (C=O) groups is 1. The molecule has 11 heteroatoms. The van der Waals surface area contributed by atoms with E-state index in [0.29, 0.717) is 48.3 Å². The van der Waals surface area contributed by atoms with Crippen molar-refractivity contribution in [1.29, 1.82) is 0 Å². The lowest BCUT2D eigenvalue weighted by Gasteiger charge is -2.19. The Labute approximate surface area is 195 Å². The van der Waals surface area contributed by atoms with E-state index >= 15 is 0 Å². The Hall–Kier alpha value is -4.41. The fourth-order valence-corrected chi connectivity index (χ4v) is 3.14. The average molecular weight is 465 g/mol. The monoisotopic (exact) mass is 465 g/mol. The number of aromatic nitrogens is 2. The minimum atomic E-state index is -0.569. The summed E-state index contributed by atoms with van der Waals surface area (Å²) in [6.45, 7) is 5.11. The van der Waals surface area contributed by atoms with Gasteiger partial charge in [0.25, 0.3) is 0 Å². The average Bonchev–Trinajstić information content (AvgIpc) is 2.83. The highest BCUT2D eigenvalue weighted by molar-refractivity contribution is 5.90. The molecule has 0 radical (unpaired) electrons. The molecule has 2 heterocycles. The maximum atomic E-state index is 12.1. The number of fused-ring (bicyclic) bond motifs is 1. The van der Waals surface area contributed by atoms with Gasteiger partial charge in [-0.15, -0.1) is 0 Å². The molecule has 0 bridgehead atoms. The molecule has 3 aromatic rings. The summed E-state index contributed by atoms with van der Waals surface area (Å²) in [6, 6.07) is 11.5. The Kier molecular flexibility index (Phi) is 6.72. The van der Waals surface area contributed by atoms with E-state index in [1.807, 2.05) is 13.8 Å². The molecule has 1 aliphatic rings. The van der Waals surface area contributed by atoms with Crippen LogP contribution in [0.3, 0.4) is 0 Å². The van der Waals surface area contributed by atoms with Crippen LogP contribution in [0.1, 0.15) is 24.2 Å². The van der Waals surface area contributed by atoms with Gasteiger partial charge in [-0.25, -0.2) is 14.8 Å². The van der Waals surface area contributed by atoms with Crippen LogP contribution in [0.2, 0.25) is 0 Å². The molecule has 0 unspecified atom stereocenters. The van der Waals surface area contributed by atoms with Crippen LogP contribution in [0.5, 0.6) is 11.5 Å². The van der Waals surface area contributed by atoms with Gasteiger partial charge in [-0.05, 0) is 42.3 Å². The van der Waals surface area contributed by atoms with Crippen molar-refractivity contribution in [2.75, 3.05) is 30.5 Å². The molecule has 2 aromatic carbocycles. The quantitative estimate of drug-likeness (QED) is 0.279. The molecule has 34 heavy (non-hydrogen) atoms. The summed E-state index contributed by atoms with van der Waals surface area (Å²) in [5.41, 5.74) is 1.09. The van der Waals surface area contributed by atoms with Crippen LogP contribution in [0.15, 0.2) is 48.8 Å². The topological polar surface area (TPSA) is 138 Å². The van der Waals surface area contributed by atoms with Gasteiger partial charge in [0, 0.05) is 17.4 Å². The minimum Gasteiger partial charge on any atom is -0.486 e. The molecule has 176 valence electrons. The number of nitro groups is 1. The summed E-state index contributed by atoms with van der Waals surface area (Å²) in [5.74, 6) is 0.946. The van der Waals surface area contributed by atoms with Crippen molar-refractivity contribution in [3.05, 3.63) is 64.5 Å².